The molecule has 0 amide bonds. The summed E-state index contributed by atoms with van der Waals surface area (Å²) in [5.74, 6) is 2.63. The molecular weight excluding hydrogens is 460 g/mol. The molecule has 2 aromatic rings. The molecule has 202 valence electrons. The average molecular weight is 507 g/mol. The van der Waals surface area contributed by atoms with Crippen LogP contribution in [0.1, 0.15) is 97.4 Å². The van der Waals surface area contributed by atoms with Crippen LogP contribution in [0.2, 0.25) is 0 Å². The first-order valence-electron chi connectivity index (χ1n) is 15.1. The number of para-hydroxylation sites is 2. The van der Waals surface area contributed by atoms with E-state index in [9.17, 15) is 9.90 Å². The molecule has 3 saturated heterocycles. The fourth-order valence-electron chi connectivity index (χ4n) is 8.98. The number of piperidine rings is 2. The molecule has 6 nitrogen and oxygen atoms in total. The average Bonchev–Trinajstić information content (AvgIpc) is 3.46. The fraction of sp³-hybridized carbons (Fsp3) is 0.742. The molecule has 2 bridgehead atoms. The Bertz CT molecular complexity index is 1090. The maximum atomic E-state index is 12.1. The molecule has 4 heterocycles. The summed E-state index contributed by atoms with van der Waals surface area (Å²) in [5.41, 5.74) is 2.17. The molecule has 4 fully saturated rings. The Labute approximate surface area is 222 Å². The number of hydrogen-bond acceptors (Lipinski definition) is 4. The number of benzene rings is 1. The lowest BCUT2D eigenvalue weighted by Crippen LogP contribution is -2.57. The Morgan fingerprint density at radius 2 is 1.46 bits per heavy atom. The van der Waals surface area contributed by atoms with Crippen LogP contribution < -0.4 is 4.90 Å². The van der Waals surface area contributed by atoms with Gasteiger partial charge in [-0.15, -0.1) is 0 Å². The molecule has 4 aliphatic rings. The van der Waals surface area contributed by atoms with Gasteiger partial charge in [-0.05, 0) is 94.1 Å². The van der Waals surface area contributed by atoms with Crippen LogP contribution in [0.5, 0.6) is 0 Å². The van der Waals surface area contributed by atoms with E-state index in [2.05, 4.69) is 59.4 Å². The van der Waals surface area contributed by atoms with E-state index in [1.54, 1.807) is 0 Å². The van der Waals surface area contributed by atoms with E-state index in [1.165, 1.54) is 50.5 Å². The molecule has 1 N–H and O–H groups in total. The number of fused-ring (bicyclic) bond motifs is 3. The zero-order valence-electron chi connectivity index (χ0n) is 23.1. The zero-order chi connectivity index (χ0) is 25.7. The van der Waals surface area contributed by atoms with Gasteiger partial charge in [0, 0.05) is 30.7 Å². The van der Waals surface area contributed by atoms with Crippen LogP contribution >= 0.6 is 0 Å². The topological polar surface area (TPSA) is 61.6 Å². The van der Waals surface area contributed by atoms with Crippen LogP contribution in [-0.4, -0.2) is 56.2 Å². The summed E-state index contributed by atoms with van der Waals surface area (Å²) < 4.78 is 2.46. The lowest BCUT2D eigenvalue weighted by Gasteiger charge is -2.54. The minimum absolute atomic E-state index is 0.382. The molecule has 1 aromatic heterocycles. The zero-order valence-corrected chi connectivity index (χ0v) is 23.1. The number of aromatic nitrogens is 2. The fourth-order valence-corrected chi connectivity index (χ4v) is 8.98. The van der Waals surface area contributed by atoms with E-state index in [4.69, 9.17) is 4.98 Å². The Morgan fingerprint density at radius 1 is 0.811 bits per heavy atom. The van der Waals surface area contributed by atoms with Crippen molar-refractivity contribution in [3.05, 3.63) is 24.3 Å². The van der Waals surface area contributed by atoms with E-state index < -0.39 is 12.0 Å². The molecule has 0 spiro atoms. The third-order valence-electron chi connectivity index (χ3n) is 10.1. The Kier molecular flexibility index (Phi) is 6.98. The summed E-state index contributed by atoms with van der Waals surface area (Å²) in [6.45, 7) is 8.21. The Balaban J connectivity index is 1.32. The number of imidazole rings is 1. The maximum Gasteiger partial charge on any atom is 0.326 e. The number of aliphatic carboxylic acids is 1. The minimum Gasteiger partial charge on any atom is -0.480 e. The third kappa shape index (κ3) is 4.79. The molecule has 6 rings (SSSR count). The lowest BCUT2D eigenvalue weighted by molar-refractivity contribution is -0.138. The molecule has 3 aliphatic heterocycles. The van der Waals surface area contributed by atoms with Crippen LogP contribution in [0, 0.1) is 17.8 Å². The minimum atomic E-state index is -0.718. The largest absolute Gasteiger partial charge is 0.480 e. The highest BCUT2D eigenvalue weighted by molar-refractivity contribution is 5.82. The summed E-state index contributed by atoms with van der Waals surface area (Å²) in [4.78, 5) is 22.3. The highest BCUT2D eigenvalue weighted by Gasteiger charge is 2.44. The second kappa shape index (κ2) is 10.2. The number of nitrogens with zero attached hydrogens (tertiary/aromatic N) is 4. The first-order chi connectivity index (χ1) is 17.9. The van der Waals surface area contributed by atoms with Crippen LogP contribution in [0.4, 0.5) is 5.95 Å². The molecule has 1 saturated carbocycles. The molecule has 3 unspecified atom stereocenters. The summed E-state index contributed by atoms with van der Waals surface area (Å²) >= 11 is 0. The van der Waals surface area contributed by atoms with E-state index in [0.717, 1.165) is 55.0 Å². The monoisotopic (exact) mass is 506 g/mol. The number of carbonyl (C=O) groups is 1. The number of anilines is 1. The van der Waals surface area contributed by atoms with Crippen molar-refractivity contribution in [2.75, 3.05) is 11.4 Å². The van der Waals surface area contributed by atoms with Crippen molar-refractivity contribution < 1.29 is 9.90 Å². The normalized spacial score (nSPS) is 37.4. The number of carboxylic acid groups (broad SMARTS) is 1. The summed E-state index contributed by atoms with van der Waals surface area (Å²) in [5, 5.41) is 9.95. The van der Waals surface area contributed by atoms with Crippen LogP contribution in [-0.2, 0) is 4.79 Å². The second-order valence-electron chi connectivity index (χ2n) is 13.2. The standard InChI is InChI=1S/C31H46N4O2/c1-20-14-21(2)16-25(17-22(3)15-20)34-23-8-6-9-24(34)19-26(18-23)35-28-11-5-4-10-27(28)32-31(35)33-13-7-12-29(33)30(36)37/h4-5,10-11,20-26,29H,6-9,12-19H2,1-3H3,(H,36,37)/t20?,21-,22+,23-,24+,25?,26?,29-/m0/s1. The van der Waals surface area contributed by atoms with Crippen molar-refractivity contribution in [2.45, 2.75) is 122 Å². The molecule has 0 radical (unpaired) electrons. The molecule has 1 aliphatic carbocycles. The summed E-state index contributed by atoms with van der Waals surface area (Å²) in [7, 11) is 0. The highest BCUT2D eigenvalue weighted by atomic mass is 16.4. The lowest BCUT2D eigenvalue weighted by atomic mass is 9.75. The Hall–Kier alpha value is -2.08. The van der Waals surface area contributed by atoms with Gasteiger partial charge in [0.25, 0.3) is 0 Å². The molecule has 37 heavy (non-hydrogen) atoms. The number of carboxylic acids is 1. The van der Waals surface area contributed by atoms with Crippen LogP contribution in [0.3, 0.4) is 0 Å². The first-order valence-corrected chi connectivity index (χ1v) is 15.1. The number of rotatable bonds is 4. The van der Waals surface area contributed by atoms with Gasteiger partial charge in [0.1, 0.15) is 6.04 Å². The first kappa shape index (κ1) is 25.2. The molecule has 1 aromatic carbocycles. The van der Waals surface area contributed by atoms with E-state index in [0.29, 0.717) is 30.6 Å². The van der Waals surface area contributed by atoms with Crippen molar-refractivity contribution >= 4 is 23.0 Å². The van der Waals surface area contributed by atoms with Gasteiger partial charge in [-0.1, -0.05) is 39.3 Å². The van der Waals surface area contributed by atoms with Gasteiger partial charge in [0.2, 0.25) is 5.95 Å². The summed E-state index contributed by atoms with van der Waals surface area (Å²) in [6, 6.07) is 10.3. The molecular formula is C31H46N4O2. The maximum absolute atomic E-state index is 12.1. The van der Waals surface area contributed by atoms with E-state index >= 15 is 0 Å². The SMILES string of the molecule is CC1C[C@@H](C)CC(N2[C@@H]3CCC[C@H]2CC(n2c(N4CCC[C@H]4C(=O)O)nc4ccccc42)C3)C[C@@H](C)C1. The van der Waals surface area contributed by atoms with E-state index in [1.807, 2.05) is 0 Å². The Morgan fingerprint density at radius 3 is 2.14 bits per heavy atom. The predicted molar refractivity (Wildman–Crippen MR) is 149 cm³/mol. The van der Waals surface area contributed by atoms with Crippen molar-refractivity contribution in [1.82, 2.24) is 14.5 Å². The molecule has 6 heteroatoms. The van der Waals surface area contributed by atoms with Crippen molar-refractivity contribution in [2.24, 2.45) is 17.8 Å². The number of hydrogen-bond donors (Lipinski definition) is 1. The van der Waals surface area contributed by atoms with Gasteiger partial charge >= 0.3 is 5.97 Å². The second-order valence-corrected chi connectivity index (χ2v) is 13.2. The van der Waals surface area contributed by atoms with Gasteiger partial charge in [-0.2, -0.15) is 0 Å². The van der Waals surface area contributed by atoms with Gasteiger partial charge in [-0.25, -0.2) is 9.78 Å². The van der Waals surface area contributed by atoms with Crippen molar-refractivity contribution in [3.8, 4) is 0 Å². The van der Waals surface area contributed by atoms with Gasteiger partial charge in [0.05, 0.1) is 11.0 Å². The predicted octanol–water partition coefficient (Wildman–Crippen LogP) is 6.50. The quantitative estimate of drug-likeness (QED) is 0.513. The third-order valence-corrected chi connectivity index (χ3v) is 10.1. The van der Waals surface area contributed by atoms with Crippen LogP contribution in [0.15, 0.2) is 24.3 Å². The van der Waals surface area contributed by atoms with Gasteiger partial charge in [-0.3, -0.25) is 4.90 Å². The summed E-state index contributed by atoms with van der Waals surface area (Å²) in [6.07, 6.45) is 13.3. The van der Waals surface area contributed by atoms with Crippen molar-refractivity contribution in [3.63, 3.8) is 0 Å². The highest BCUT2D eigenvalue weighted by Crippen LogP contribution is 2.46. The smallest absolute Gasteiger partial charge is 0.326 e. The van der Waals surface area contributed by atoms with E-state index in [-0.39, 0.29) is 0 Å². The van der Waals surface area contributed by atoms with Crippen molar-refractivity contribution in [1.29, 1.82) is 0 Å². The van der Waals surface area contributed by atoms with Crippen LogP contribution in [0.25, 0.3) is 11.0 Å². The van der Waals surface area contributed by atoms with Gasteiger partial charge < -0.3 is 14.6 Å². The molecule has 8 atom stereocenters. The van der Waals surface area contributed by atoms with Gasteiger partial charge in [0.15, 0.2) is 0 Å².